The summed E-state index contributed by atoms with van der Waals surface area (Å²) in [5.74, 6) is 0.208. The molecule has 0 spiro atoms. The molecule has 6 rings (SSSR count). The number of hydrogen-bond acceptors (Lipinski definition) is 6. The van der Waals surface area contributed by atoms with Gasteiger partial charge in [-0.2, -0.15) is 10.2 Å². The molecule has 2 aliphatic rings. The van der Waals surface area contributed by atoms with E-state index in [1.807, 2.05) is 26.2 Å². The van der Waals surface area contributed by atoms with Crippen LogP contribution in [0.3, 0.4) is 0 Å². The van der Waals surface area contributed by atoms with Crippen molar-refractivity contribution in [1.29, 1.82) is 0 Å². The summed E-state index contributed by atoms with van der Waals surface area (Å²) in [7, 11) is 8.28. The topological polar surface area (TPSA) is 66.2 Å². The molecule has 2 aliphatic carbocycles. The summed E-state index contributed by atoms with van der Waals surface area (Å²) in [5.41, 5.74) is 8.22. The minimum absolute atomic E-state index is 0.227. The highest BCUT2D eigenvalue weighted by atomic mass is 19.1. The minimum Gasteiger partial charge on any atom is -0.318 e. The van der Waals surface area contributed by atoms with Crippen LogP contribution in [-0.2, 0) is 13.1 Å². The average molecular weight is 585 g/mol. The highest BCUT2D eigenvalue weighted by Gasteiger charge is 2.41. The van der Waals surface area contributed by atoms with Crippen molar-refractivity contribution in [1.82, 2.24) is 40.0 Å². The molecule has 43 heavy (non-hydrogen) atoms. The molecule has 2 atom stereocenters. The lowest BCUT2D eigenvalue weighted by molar-refractivity contribution is 0.328. The largest absolute Gasteiger partial charge is 0.318 e. The van der Waals surface area contributed by atoms with E-state index >= 15 is 0 Å². The Bertz CT molecular complexity index is 1490. The Labute approximate surface area is 254 Å². The van der Waals surface area contributed by atoms with Crippen LogP contribution >= 0.6 is 0 Å². The van der Waals surface area contributed by atoms with E-state index in [-0.39, 0.29) is 5.82 Å². The van der Waals surface area contributed by atoms with Crippen molar-refractivity contribution in [3.63, 3.8) is 0 Å². The van der Waals surface area contributed by atoms with Gasteiger partial charge in [0.15, 0.2) is 0 Å². The van der Waals surface area contributed by atoms with Crippen molar-refractivity contribution in [3.8, 4) is 22.5 Å². The van der Waals surface area contributed by atoms with E-state index in [9.17, 15) is 4.39 Å². The molecule has 0 bridgehead atoms. The Kier molecular flexibility index (Phi) is 9.04. The van der Waals surface area contributed by atoms with Crippen LogP contribution in [0.1, 0.15) is 54.0 Å². The molecule has 0 amide bonds. The molecular weight excluding hydrogens is 539 g/mol. The van der Waals surface area contributed by atoms with Crippen LogP contribution < -0.4 is 10.6 Å². The lowest BCUT2D eigenvalue weighted by Crippen LogP contribution is -2.27. The number of hydrogen-bond donors (Lipinski definition) is 2. The fourth-order valence-electron chi connectivity index (χ4n) is 6.06. The summed E-state index contributed by atoms with van der Waals surface area (Å²) in [5, 5.41) is 16.4. The van der Waals surface area contributed by atoms with Gasteiger partial charge in [0, 0.05) is 73.6 Å². The van der Waals surface area contributed by atoms with Gasteiger partial charge < -0.3 is 20.4 Å². The van der Waals surface area contributed by atoms with Gasteiger partial charge in [-0.15, -0.1) is 0 Å². The van der Waals surface area contributed by atoms with Crippen molar-refractivity contribution in [2.24, 2.45) is 0 Å². The minimum atomic E-state index is -0.227. The summed E-state index contributed by atoms with van der Waals surface area (Å²) < 4.78 is 18.1. The number of halogens is 1. The van der Waals surface area contributed by atoms with Gasteiger partial charge in [0.1, 0.15) is 5.82 Å². The van der Waals surface area contributed by atoms with Gasteiger partial charge >= 0.3 is 0 Å². The lowest BCUT2D eigenvalue weighted by atomic mass is 10.0. The van der Waals surface area contributed by atoms with Crippen LogP contribution in [0.2, 0.25) is 0 Å². The lowest BCUT2D eigenvalue weighted by Gasteiger charge is -2.17. The quantitative estimate of drug-likeness (QED) is 0.207. The Hall–Kier alpha value is -3.37. The molecule has 2 aromatic heterocycles. The van der Waals surface area contributed by atoms with E-state index in [1.54, 1.807) is 0 Å². The highest BCUT2D eigenvalue weighted by Crippen LogP contribution is 2.52. The van der Waals surface area contributed by atoms with Crippen molar-refractivity contribution in [2.75, 3.05) is 54.4 Å². The fourth-order valence-corrected chi connectivity index (χ4v) is 6.06. The molecule has 2 fully saturated rings. The van der Waals surface area contributed by atoms with Crippen molar-refractivity contribution in [3.05, 3.63) is 83.4 Å². The standard InChI is InChI=1S/C34H45FN8/c1-36-15-17-40(3)21-27-20-38-43(30-13-14-30)34(27)26-7-5-24(6-8-26)31-19-32(31)42-23-28(22-41(4)18-16-37-2)33(39-42)25-9-11-29(35)12-10-25/h5-12,20,23,30-32,36-37H,13-19,21-22H2,1-4H3. The predicted molar refractivity (Wildman–Crippen MR) is 170 cm³/mol. The maximum Gasteiger partial charge on any atom is 0.123 e. The third-order valence-electron chi connectivity index (χ3n) is 8.77. The molecular formula is C34H45FN8. The number of benzene rings is 2. The molecule has 4 aromatic rings. The molecule has 2 aromatic carbocycles. The fraction of sp³-hybridized carbons (Fsp3) is 0.471. The van der Waals surface area contributed by atoms with Gasteiger partial charge in [-0.1, -0.05) is 24.3 Å². The van der Waals surface area contributed by atoms with Gasteiger partial charge in [0.25, 0.3) is 0 Å². The SMILES string of the molecule is CNCCN(C)Cc1cn(C2CC2c2ccc(-c3c(CN(C)CCNC)cnn3C3CC3)cc2)nc1-c1ccc(F)cc1. The average Bonchev–Trinajstić information content (AvgIpc) is 3.94. The third kappa shape index (κ3) is 6.91. The summed E-state index contributed by atoms with van der Waals surface area (Å²) in [4.78, 5) is 4.65. The molecule has 0 radical (unpaired) electrons. The van der Waals surface area contributed by atoms with Crippen molar-refractivity contribution in [2.45, 2.75) is 50.4 Å². The Balaban J connectivity index is 1.20. The van der Waals surface area contributed by atoms with Gasteiger partial charge in [0.05, 0.1) is 29.7 Å². The van der Waals surface area contributed by atoms with E-state index in [0.29, 0.717) is 18.0 Å². The zero-order valence-corrected chi connectivity index (χ0v) is 25.9. The Morgan fingerprint density at radius 1 is 0.860 bits per heavy atom. The van der Waals surface area contributed by atoms with Crippen LogP contribution in [-0.4, -0.2) is 83.7 Å². The Morgan fingerprint density at radius 3 is 2.12 bits per heavy atom. The smallest absolute Gasteiger partial charge is 0.123 e. The first-order valence-corrected chi connectivity index (χ1v) is 15.6. The molecule has 9 heteroatoms. The molecule has 2 saturated carbocycles. The second kappa shape index (κ2) is 13.1. The number of rotatable bonds is 15. The Morgan fingerprint density at radius 2 is 1.49 bits per heavy atom. The van der Waals surface area contributed by atoms with Crippen LogP contribution in [0.25, 0.3) is 22.5 Å². The molecule has 2 unspecified atom stereocenters. The van der Waals surface area contributed by atoms with Gasteiger partial charge in [-0.05, 0) is 77.3 Å². The number of nitrogens with one attached hydrogen (secondary N) is 2. The second-order valence-corrected chi connectivity index (χ2v) is 12.4. The molecule has 2 heterocycles. The maximum absolute atomic E-state index is 13.7. The first-order valence-electron chi connectivity index (χ1n) is 15.6. The van der Waals surface area contributed by atoms with Crippen LogP contribution in [0.4, 0.5) is 4.39 Å². The van der Waals surface area contributed by atoms with Crippen LogP contribution in [0.15, 0.2) is 60.9 Å². The molecule has 8 nitrogen and oxygen atoms in total. The molecule has 2 N–H and O–H groups in total. The number of nitrogens with zero attached hydrogens (tertiary/aromatic N) is 6. The number of aromatic nitrogens is 4. The normalized spacial score (nSPS) is 18.2. The van der Waals surface area contributed by atoms with E-state index in [2.05, 4.69) is 80.6 Å². The highest BCUT2D eigenvalue weighted by molar-refractivity contribution is 5.65. The van der Waals surface area contributed by atoms with E-state index < -0.39 is 0 Å². The zero-order valence-electron chi connectivity index (χ0n) is 25.9. The van der Waals surface area contributed by atoms with Crippen molar-refractivity contribution >= 4 is 0 Å². The summed E-state index contributed by atoms with van der Waals surface area (Å²) in [6.45, 7) is 5.51. The summed E-state index contributed by atoms with van der Waals surface area (Å²) in [6.07, 6.45) is 7.77. The van der Waals surface area contributed by atoms with Crippen molar-refractivity contribution < 1.29 is 4.39 Å². The van der Waals surface area contributed by atoms with Crippen LogP contribution in [0.5, 0.6) is 0 Å². The predicted octanol–water partition coefficient (Wildman–Crippen LogP) is 4.92. The molecule has 0 saturated heterocycles. The first kappa shape index (κ1) is 29.7. The maximum atomic E-state index is 13.7. The first-order chi connectivity index (χ1) is 20.9. The monoisotopic (exact) mass is 584 g/mol. The number of likely N-dealkylation sites (N-methyl/N-ethyl adjacent to an activating group) is 4. The summed E-state index contributed by atoms with van der Waals surface area (Å²) in [6, 6.07) is 16.7. The van der Waals surface area contributed by atoms with Gasteiger partial charge in [0.2, 0.25) is 0 Å². The summed E-state index contributed by atoms with van der Waals surface area (Å²) >= 11 is 0. The van der Waals surface area contributed by atoms with Gasteiger partial charge in [-0.25, -0.2) is 4.39 Å². The molecule has 228 valence electrons. The third-order valence-corrected chi connectivity index (χ3v) is 8.77. The zero-order chi connectivity index (χ0) is 29.9. The van der Waals surface area contributed by atoms with E-state index in [0.717, 1.165) is 56.9 Å². The van der Waals surface area contributed by atoms with Gasteiger partial charge in [-0.3, -0.25) is 9.36 Å². The molecule has 0 aliphatic heterocycles. The van der Waals surface area contributed by atoms with Crippen LogP contribution in [0, 0.1) is 5.82 Å². The van der Waals surface area contributed by atoms with E-state index in [4.69, 9.17) is 10.2 Å². The second-order valence-electron chi connectivity index (χ2n) is 12.4. The van der Waals surface area contributed by atoms with E-state index in [1.165, 1.54) is 52.9 Å².